The van der Waals surface area contributed by atoms with Crippen molar-refractivity contribution in [2.24, 2.45) is 5.14 Å². The number of nitrogens with two attached hydrogens (primary N) is 1. The van der Waals surface area contributed by atoms with Crippen LogP contribution in [0.15, 0.2) is 30.3 Å². The summed E-state index contributed by atoms with van der Waals surface area (Å²) >= 11 is 5.71. The van der Waals surface area contributed by atoms with E-state index in [0.717, 1.165) is 0 Å². The lowest BCUT2D eigenvalue weighted by Gasteiger charge is -2.08. The van der Waals surface area contributed by atoms with Crippen LogP contribution in [0.5, 0.6) is 0 Å². The first-order valence-electron chi connectivity index (χ1n) is 4.86. The minimum atomic E-state index is -3.65. The second-order valence-electron chi connectivity index (χ2n) is 3.55. The van der Waals surface area contributed by atoms with Crippen molar-refractivity contribution in [1.82, 2.24) is 0 Å². The normalized spacial score (nSPS) is 13.1. The Labute approximate surface area is 105 Å². The van der Waals surface area contributed by atoms with Crippen LogP contribution in [0, 0.1) is 0 Å². The molecule has 1 aromatic carbocycles. The number of benzene rings is 1. The number of sulfonamides is 1. The summed E-state index contributed by atoms with van der Waals surface area (Å²) in [5, 5.41) is 6.60. The summed E-state index contributed by atoms with van der Waals surface area (Å²) in [6, 6.07) is 8.82. The molecule has 0 radical (unpaired) electrons. The van der Waals surface area contributed by atoms with E-state index in [-0.39, 0.29) is 12.3 Å². The average Bonchev–Trinajstić information content (AvgIpc) is 2.15. The summed E-state index contributed by atoms with van der Waals surface area (Å²) in [5.74, 6) is -0.767. The first-order valence-corrected chi connectivity index (χ1v) is 7.01. The first-order chi connectivity index (χ1) is 7.87. The number of carbonyl (C=O) groups excluding carboxylic acids is 1. The highest BCUT2D eigenvalue weighted by Crippen LogP contribution is 2.09. The molecule has 0 aliphatic rings. The number of amides is 1. The number of hydrogen-bond donors (Lipinski definition) is 2. The standard InChI is InChI=1S/C10H13ClN2O3S/c11-8(7-17(12,15)16)6-10(14)13-9-4-2-1-3-5-9/h1-5,8H,6-7H2,(H,13,14)(H2,12,15,16). The Morgan fingerprint density at radius 3 is 2.47 bits per heavy atom. The van der Waals surface area contributed by atoms with Crippen molar-refractivity contribution in [1.29, 1.82) is 0 Å². The summed E-state index contributed by atoms with van der Waals surface area (Å²) in [6.45, 7) is 0. The minimum Gasteiger partial charge on any atom is -0.326 e. The highest BCUT2D eigenvalue weighted by Gasteiger charge is 2.16. The fourth-order valence-corrected chi connectivity index (χ4v) is 2.53. The molecule has 0 saturated carbocycles. The number of halogens is 1. The van der Waals surface area contributed by atoms with Gasteiger partial charge < -0.3 is 5.32 Å². The second kappa shape index (κ2) is 6.00. The molecule has 0 saturated heterocycles. The van der Waals surface area contributed by atoms with Gasteiger partial charge in [0.25, 0.3) is 0 Å². The number of alkyl halides is 1. The Morgan fingerprint density at radius 1 is 1.35 bits per heavy atom. The van der Waals surface area contributed by atoms with Crippen LogP contribution in [0.4, 0.5) is 5.69 Å². The number of nitrogens with one attached hydrogen (secondary N) is 1. The van der Waals surface area contributed by atoms with E-state index in [4.69, 9.17) is 16.7 Å². The fraction of sp³-hybridized carbons (Fsp3) is 0.300. The Balaban J connectivity index is 2.45. The second-order valence-corrected chi connectivity index (χ2v) is 5.82. The van der Waals surface area contributed by atoms with Crippen molar-refractivity contribution in [2.45, 2.75) is 11.8 Å². The van der Waals surface area contributed by atoms with Crippen LogP contribution in [0.2, 0.25) is 0 Å². The maximum Gasteiger partial charge on any atom is 0.225 e. The lowest BCUT2D eigenvalue weighted by atomic mass is 10.3. The molecule has 1 rings (SSSR count). The van der Waals surface area contributed by atoms with Gasteiger partial charge in [-0.1, -0.05) is 18.2 Å². The molecule has 1 unspecified atom stereocenters. The van der Waals surface area contributed by atoms with E-state index in [1.165, 1.54) is 0 Å². The minimum absolute atomic E-state index is 0.104. The maximum absolute atomic E-state index is 11.5. The molecule has 1 amide bonds. The summed E-state index contributed by atoms with van der Waals surface area (Å²) in [7, 11) is -3.65. The van der Waals surface area contributed by atoms with Crippen molar-refractivity contribution < 1.29 is 13.2 Å². The molecule has 0 aliphatic carbocycles. The summed E-state index contributed by atoms with van der Waals surface area (Å²) < 4.78 is 21.5. The summed E-state index contributed by atoms with van der Waals surface area (Å²) in [6.07, 6.45) is -0.104. The van der Waals surface area contributed by atoms with Crippen LogP contribution < -0.4 is 10.5 Å². The predicted octanol–water partition coefficient (Wildman–Crippen LogP) is 0.911. The third-order valence-electron chi connectivity index (χ3n) is 1.88. The van der Waals surface area contributed by atoms with Crippen LogP contribution in [0.1, 0.15) is 6.42 Å². The van der Waals surface area contributed by atoms with E-state index in [2.05, 4.69) is 5.32 Å². The van der Waals surface area contributed by atoms with Crippen molar-refractivity contribution in [2.75, 3.05) is 11.1 Å². The molecular weight excluding hydrogens is 264 g/mol. The van der Waals surface area contributed by atoms with Gasteiger partial charge in [0.1, 0.15) is 0 Å². The van der Waals surface area contributed by atoms with E-state index in [0.29, 0.717) is 5.69 Å². The van der Waals surface area contributed by atoms with E-state index in [1.807, 2.05) is 6.07 Å². The molecule has 0 fully saturated rings. The first kappa shape index (κ1) is 14.0. The molecule has 0 heterocycles. The zero-order chi connectivity index (χ0) is 12.9. The molecule has 0 spiro atoms. The number of rotatable bonds is 5. The van der Waals surface area contributed by atoms with Crippen molar-refractivity contribution in [3.63, 3.8) is 0 Å². The van der Waals surface area contributed by atoms with Gasteiger partial charge in [0.15, 0.2) is 0 Å². The number of carbonyl (C=O) groups is 1. The van der Waals surface area contributed by atoms with Gasteiger partial charge in [-0.3, -0.25) is 4.79 Å². The molecule has 7 heteroatoms. The van der Waals surface area contributed by atoms with Crippen LogP contribution in [0.25, 0.3) is 0 Å². The molecule has 94 valence electrons. The molecule has 17 heavy (non-hydrogen) atoms. The Morgan fingerprint density at radius 2 is 1.94 bits per heavy atom. The molecular formula is C10H13ClN2O3S. The molecule has 3 N–H and O–H groups in total. The van der Waals surface area contributed by atoms with Gasteiger partial charge in [-0.25, -0.2) is 13.6 Å². The molecule has 1 aromatic rings. The molecule has 5 nitrogen and oxygen atoms in total. The molecule has 0 aromatic heterocycles. The van der Waals surface area contributed by atoms with Crippen LogP contribution in [-0.4, -0.2) is 25.5 Å². The average molecular weight is 277 g/mol. The third kappa shape index (κ3) is 6.25. The molecule has 0 aliphatic heterocycles. The van der Waals surface area contributed by atoms with E-state index >= 15 is 0 Å². The fourth-order valence-electron chi connectivity index (χ4n) is 1.25. The maximum atomic E-state index is 11.5. The molecule has 1 atom stereocenters. The van der Waals surface area contributed by atoms with Gasteiger partial charge in [0.05, 0.1) is 11.1 Å². The quantitative estimate of drug-likeness (QED) is 0.784. The van der Waals surface area contributed by atoms with Gasteiger partial charge in [-0.15, -0.1) is 11.6 Å². The van der Waals surface area contributed by atoms with Crippen molar-refractivity contribution in [3.05, 3.63) is 30.3 Å². The number of primary sulfonamides is 1. The lowest BCUT2D eigenvalue weighted by Crippen LogP contribution is -2.27. The van der Waals surface area contributed by atoms with Crippen molar-refractivity contribution in [3.8, 4) is 0 Å². The largest absolute Gasteiger partial charge is 0.326 e. The Bertz CT molecular complexity index is 476. The van der Waals surface area contributed by atoms with E-state index < -0.39 is 21.2 Å². The van der Waals surface area contributed by atoms with Crippen LogP contribution in [0.3, 0.4) is 0 Å². The van der Waals surface area contributed by atoms with Crippen LogP contribution in [-0.2, 0) is 14.8 Å². The summed E-state index contributed by atoms with van der Waals surface area (Å²) in [5.41, 5.74) is 0.636. The van der Waals surface area contributed by atoms with E-state index in [1.54, 1.807) is 24.3 Å². The smallest absolute Gasteiger partial charge is 0.225 e. The molecule has 0 bridgehead atoms. The van der Waals surface area contributed by atoms with Gasteiger partial charge in [-0.2, -0.15) is 0 Å². The highest BCUT2D eigenvalue weighted by atomic mass is 35.5. The van der Waals surface area contributed by atoms with Gasteiger partial charge in [-0.05, 0) is 12.1 Å². The third-order valence-corrected chi connectivity index (χ3v) is 3.24. The number of hydrogen-bond acceptors (Lipinski definition) is 3. The van der Waals surface area contributed by atoms with Gasteiger partial charge in [0, 0.05) is 12.1 Å². The van der Waals surface area contributed by atoms with Gasteiger partial charge in [0.2, 0.25) is 15.9 Å². The van der Waals surface area contributed by atoms with Gasteiger partial charge >= 0.3 is 0 Å². The highest BCUT2D eigenvalue weighted by molar-refractivity contribution is 7.89. The lowest BCUT2D eigenvalue weighted by molar-refractivity contribution is -0.116. The van der Waals surface area contributed by atoms with Crippen molar-refractivity contribution >= 4 is 33.2 Å². The van der Waals surface area contributed by atoms with Crippen LogP contribution >= 0.6 is 11.6 Å². The monoisotopic (exact) mass is 276 g/mol. The zero-order valence-corrected chi connectivity index (χ0v) is 10.5. The van der Waals surface area contributed by atoms with E-state index in [9.17, 15) is 13.2 Å². The SMILES string of the molecule is NS(=O)(=O)CC(Cl)CC(=O)Nc1ccccc1. The summed E-state index contributed by atoms with van der Waals surface area (Å²) in [4.78, 5) is 11.5. The topological polar surface area (TPSA) is 89.3 Å². The predicted molar refractivity (Wildman–Crippen MR) is 67.3 cm³/mol. The Kier molecular flexibility index (Phi) is 4.92. The Hall–Kier alpha value is -1.11. The number of anilines is 1. The number of para-hydroxylation sites is 1. The zero-order valence-electron chi connectivity index (χ0n) is 8.97.